The van der Waals surface area contributed by atoms with Gasteiger partial charge >= 0.3 is 0 Å². The van der Waals surface area contributed by atoms with Crippen molar-refractivity contribution in [1.29, 1.82) is 0 Å². The number of aryl methyl sites for hydroxylation is 1. The number of hydrogen-bond acceptors (Lipinski definition) is 3. The third-order valence-corrected chi connectivity index (χ3v) is 3.96. The van der Waals surface area contributed by atoms with Gasteiger partial charge in [0.15, 0.2) is 0 Å². The topological polar surface area (TPSA) is 52.7 Å². The second-order valence-electron chi connectivity index (χ2n) is 5.30. The molecule has 1 aliphatic heterocycles. The Morgan fingerprint density at radius 2 is 2.35 bits per heavy atom. The summed E-state index contributed by atoms with van der Waals surface area (Å²) in [4.78, 5) is 7.55. The van der Waals surface area contributed by atoms with Crippen LogP contribution in [0.1, 0.15) is 42.8 Å². The maximum absolute atomic E-state index is 4.35. The summed E-state index contributed by atoms with van der Waals surface area (Å²) in [7, 11) is 0. The summed E-state index contributed by atoms with van der Waals surface area (Å²) in [6.07, 6.45) is 7.13. The average molecular weight is 270 g/mol. The number of nitrogens with zero attached hydrogens (tertiary/aromatic N) is 1. The molecule has 0 spiro atoms. The van der Waals surface area contributed by atoms with Crippen molar-refractivity contribution < 1.29 is 0 Å². The fourth-order valence-corrected chi connectivity index (χ4v) is 2.86. The van der Waals surface area contributed by atoms with Crippen LogP contribution >= 0.6 is 0 Å². The van der Waals surface area contributed by atoms with Gasteiger partial charge in [-0.3, -0.25) is 0 Å². The minimum atomic E-state index is 0.282. The highest BCUT2D eigenvalue weighted by Crippen LogP contribution is 2.26. The fourth-order valence-electron chi connectivity index (χ4n) is 2.86. The smallest absolute Gasteiger partial charge is 0.123 e. The Hall–Kier alpha value is -1.81. The molecule has 3 N–H and O–H groups in total. The Morgan fingerprint density at radius 1 is 1.40 bits per heavy atom. The average Bonchev–Trinajstić information content (AvgIpc) is 3.02. The van der Waals surface area contributed by atoms with Gasteiger partial charge in [0.05, 0.1) is 6.04 Å². The van der Waals surface area contributed by atoms with Crippen LogP contribution in [0.25, 0.3) is 0 Å². The molecule has 0 radical (unpaired) electrons. The number of nitrogens with one attached hydrogen (secondary N) is 3. The summed E-state index contributed by atoms with van der Waals surface area (Å²) in [5.41, 5.74) is 4.13. The van der Waals surface area contributed by atoms with E-state index in [-0.39, 0.29) is 6.04 Å². The standard InChI is InChI=1S/C16H22N4/c1-2-14(16-18-9-10-19-16)20-11-13-6-3-5-12-7-4-8-17-15(12)13/h3,5-6,9-10,14,17,20H,2,4,7-8,11H2,1H3,(H,18,19). The van der Waals surface area contributed by atoms with Crippen LogP contribution in [-0.4, -0.2) is 16.5 Å². The summed E-state index contributed by atoms with van der Waals surface area (Å²) < 4.78 is 0. The van der Waals surface area contributed by atoms with Crippen molar-refractivity contribution in [3.05, 3.63) is 47.5 Å². The van der Waals surface area contributed by atoms with E-state index in [1.54, 1.807) is 0 Å². The van der Waals surface area contributed by atoms with Crippen molar-refractivity contribution in [3.8, 4) is 0 Å². The van der Waals surface area contributed by atoms with Gasteiger partial charge in [-0.2, -0.15) is 0 Å². The van der Waals surface area contributed by atoms with Crippen LogP contribution < -0.4 is 10.6 Å². The Labute approximate surface area is 120 Å². The Kier molecular flexibility index (Phi) is 4.02. The van der Waals surface area contributed by atoms with Crippen molar-refractivity contribution in [1.82, 2.24) is 15.3 Å². The van der Waals surface area contributed by atoms with Gasteiger partial charge in [0.1, 0.15) is 5.82 Å². The van der Waals surface area contributed by atoms with Gasteiger partial charge in [0.2, 0.25) is 0 Å². The van der Waals surface area contributed by atoms with Crippen molar-refractivity contribution in [2.75, 3.05) is 11.9 Å². The molecule has 2 heterocycles. The molecule has 20 heavy (non-hydrogen) atoms. The van der Waals surface area contributed by atoms with Crippen molar-refractivity contribution >= 4 is 5.69 Å². The van der Waals surface area contributed by atoms with Crippen LogP contribution in [0.15, 0.2) is 30.6 Å². The third-order valence-electron chi connectivity index (χ3n) is 3.96. The second-order valence-corrected chi connectivity index (χ2v) is 5.30. The quantitative estimate of drug-likeness (QED) is 0.783. The zero-order chi connectivity index (χ0) is 13.8. The van der Waals surface area contributed by atoms with Crippen molar-refractivity contribution in [2.24, 2.45) is 0 Å². The molecule has 2 aromatic rings. The maximum Gasteiger partial charge on any atom is 0.123 e. The lowest BCUT2D eigenvalue weighted by atomic mass is 9.99. The van der Waals surface area contributed by atoms with Gasteiger partial charge in [0, 0.05) is 31.2 Å². The van der Waals surface area contributed by atoms with Crippen LogP contribution in [0.4, 0.5) is 5.69 Å². The van der Waals surface area contributed by atoms with Crippen LogP contribution in [0, 0.1) is 0 Å². The van der Waals surface area contributed by atoms with Gasteiger partial charge in [-0.15, -0.1) is 0 Å². The van der Waals surface area contributed by atoms with E-state index in [1.807, 2.05) is 12.4 Å². The summed E-state index contributed by atoms with van der Waals surface area (Å²) >= 11 is 0. The first-order valence-electron chi connectivity index (χ1n) is 7.45. The molecule has 1 atom stereocenters. The third kappa shape index (κ3) is 2.70. The van der Waals surface area contributed by atoms with Crippen LogP contribution in [0.5, 0.6) is 0 Å². The molecule has 0 saturated carbocycles. The lowest BCUT2D eigenvalue weighted by molar-refractivity contribution is 0.498. The highest BCUT2D eigenvalue weighted by Gasteiger charge is 2.15. The first-order valence-corrected chi connectivity index (χ1v) is 7.45. The van der Waals surface area contributed by atoms with Crippen LogP contribution in [-0.2, 0) is 13.0 Å². The number of H-pyrrole nitrogens is 1. The molecule has 4 heteroatoms. The summed E-state index contributed by atoms with van der Waals surface area (Å²) in [6, 6.07) is 6.88. The molecular weight excluding hydrogens is 248 g/mol. The number of imidazole rings is 1. The minimum absolute atomic E-state index is 0.282. The van der Waals surface area contributed by atoms with Gasteiger partial charge in [-0.25, -0.2) is 4.98 Å². The molecule has 3 rings (SSSR count). The molecule has 0 amide bonds. The Bertz CT molecular complexity index is 548. The summed E-state index contributed by atoms with van der Waals surface area (Å²) in [5.74, 6) is 1.02. The zero-order valence-corrected chi connectivity index (χ0v) is 11.9. The SMILES string of the molecule is CCC(NCc1cccc2c1NCCC2)c1ncc[nH]1. The second kappa shape index (κ2) is 6.09. The van der Waals surface area contributed by atoms with E-state index >= 15 is 0 Å². The number of aromatic nitrogens is 2. The largest absolute Gasteiger partial charge is 0.385 e. The minimum Gasteiger partial charge on any atom is -0.385 e. The lowest BCUT2D eigenvalue weighted by Gasteiger charge is -2.22. The fraction of sp³-hybridized carbons (Fsp3) is 0.438. The molecule has 0 saturated heterocycles. The Morgan fingerprint density at radius 3 is 3.15 bits per heavy atom. The van der Waals surface area contributed by atoms with E-state index in [0.29, 0.717) is 0 Å². The highest BCUT2D eigenvalue weighted by atomic mass is 15.0. The summed E-state index contributed by atoms with van der Waals surface area (Å²) in [6.45, 7) is 4.13. The number of benzene rings is 1. The number of fused-ring (bicyclic) bond motifs is 1. The molecule has 0 aliphatic carbocycles. The first kappa shape index (κ1) is 13.2. The normalized spacial score (nSPS) is 15.4. The number of hydrogen-bond donors (Lipinski definition) is 3. The highest BCUT2D eigenvalue weighted by molar-refractivity contribution is 5.59. The number of anilines is 1. The van der Waals surface area contributed by atoms with Crippen LogP contribution in [0.2, 0.25) is 0 Å². The van der Waals surface area contributed by atoms with E-state index < -0.39 is 0 Å². The van der Waals surface area contributed by atoms with Gasteiger partial charge in [-0.1, -0.05) is 25.1 Å². The van der Waals surface area contributed by atoms with Crippen molar-refractivity contribution in [2.45, 2.75) is 38.8 Å². The molecule has 1 aromatic carbocycles. The zero-order valence-electron chi connectivity index (χ0n) is 11.9. The van der Waals surface area contributed by atoms with Gasteiger partial charge < -0.3 is 15.6 Å². The predicted octanol–water partition coefficient (Wildman–Crippen LogP) is 3.01. The monoisotopic (exact) mass is 270 g/mol. The van der Waals surface area contributed by atoms with E-state index in [0.717, 1.165) is 25.3 Å². The number of rotatable bonds is 5. The molecule has 1 unspecified atom stereocenters. The molecule has 106 valence electrons. The van der Waals surface area contributed by atoms with Gasteiger partial charge in [0.25, 0.3) is 0 Å². The van der Waals surface area contributed by atoms with E-state index in [2.05, 4.69) is 45.7 Å². The molecule has 1 aromatic heterocycles. The van der Waals surface area contributed by atoms with E-state index in [4.69, 9.17) is 0 Å². The lowest BCUT2D eigenvalue weighted by Crippen LogP contribution is -2.23. The van der Waals surface area contributed by atoms with Crippen LogP contribution in [0.3, 0.4) is 0 Å². The molecular formula is C16H22N4. The van der Waals surface area contributed by atoms with E-state index in [9.17, 15) is 0 Å². The first-order chi connectivity index (χ1) is 9.88. The summed E-state index contributed by atoms with van der Waals surface area (Å²) in [5, 5.41) is 7.15. The molecule has 1 aliphatic rings. The number of aromatic amines is 1. The van der Waals surface area contributed by atoms with Gasteiger partial charge in [-0.05, 0) is 30.4 Å². The molecule has 4 nitrogen and oxygen atoms in total. The molecule has 0 bridgehead atoms. The van der Waals surface area contributed by atoms with Crippen molar-refractivity contribution in [3.63, 3.8) is 0 Å². The van der Waals surface area contributed by atoms with E-state index in [1.165, 1.54) is 29.7 Å². The molecule has 0 fully saturated rings. The predicted molar refractivity (Wildman–Crippen MR) is 81.7 cm³/mol. The number of para-hydroxylation sites is 1. The maximum atomic E-state index is 4.35. The Balaban J connectivity index is 1.72.